The van der Waals surface area contributed by atoms with Gasteiger partial charge in [-0.05, 0) is 70.2 Å². The van der Waals surface area contributed by atoms with Crippen molar-refractivity contribution in [3.05, 3.63) is 70.8 Å². The highest BCUT2D eigenvalue weighted by molar-refractivity contribution is 7.91. The van der Waals surface area contributed by atoms with Crippen LogP contribution in [0.5, 0.6) is 0 Å². The summed E-state index contributed by atoms with van der Waals surface area (Å²) < 4.78 is 27.1. The third-order valence-electron chi connectivity index (χ3n) is 5.35. The summed E-state index contributed by atoms with van der Waals surface area (Å²) in [5.74, 6) is 0. The minimum Gasteiger partial charge on any atom is -0.219 e. The van der Waals surface area contributed by atoms with E-state index in [4.69, 9.17) is 0 Å². The highest BCUT2D eigenvalue weighted by Crippen LogP contribution is 2.33. The van der Waals surface area contributed by atoms with Gasteiger partial charge in [-0.2, -0.15) is 0 Å². The van der Waals surface area contributed by atoms with Crippen LogP contribution in [0.2, 0.25) is 0 Å². The van der Waals surface area contributed by atoms with E-state index in [9.17, 15) is 8.42 Å². The molecule has 0 aromatic heterocycles. The van der Waals surface area contributed by atoms with Gasteiger partial charge in [0, 0.05) is 0 Å². The molecule has 2 nitrogen and oxygen atoms in total. The second-order valence-corrected chi connectivity index (χ2v) is 12.1. The lowest BCUT2D eigenvalue weighted by atomic mass is 9.83. The summed E-state index contributed by atoms with van der Waals surface area (Å²) in [5, 5.41) is 0. The van der Waals surface area contributed by atoms with Crippen LogP contribution in [-0.4, -0.2) is 8.42 Å². The monoisotopic (exact) mass is 438 g/mol. The Hall–Kier alpha value is -2.13. The third kappa shape index (κ3) is 5.98. The van der Waals surface area contributed by atoms with Crippen LogP contribution >= 0.6 is 0 Å². The Kier molecular flexibility index (Phi) is 7.75. The van der Waals surface area contributed by atoms with Crippen LogP contribution < -0.4 is 0 Å². The van der Waals surface area contributed by atoms with Gasteiger partial charge in [-0.1, -0.05) is 91.8 Å². The molecule has 168 valence electrons. The van der Waals surface area contributed by atoms with Crippen LogP contribution in [-0.2, 0) is 20.7 Å². The molecule has 2 rings (SSSR count). The quantitative estimate of drug-likeness (QED) is 0.458. The van der Waals surface area contributed by atoms with E-state index in [-0.39, 0.29) is 10.8 Å². The Morgan fingerprint density at radius 1 is 0.677 bits per heavy atom. The van der Waals surface area contributed by atoms with E-state index in [1.807, 2.05) is 36.4 Å². The molecule has 0 unspecified atom stereocenters. The Bertz CT molecular complexity index is 991. The fraction of sp³-hybridized carbons (Fsp3) is 0.429. The molecule has 0 saturated carbocycles. The van der Waals surface area contributed by atoms with Crippen molar-refractivity contribution in [3.63, 3.8) is 0 Å². The lowest BCUT2D eigenvalue weighted by Crippen LogP contribution is -2.15. The third-order valence-corrected chi connectivity index (χ3v) is 7.10. The van der Waals surface area contributed by atoms with Crippen LogP contribution in [0, 0.1) is 0 Å². The molecule has 0 saturated heterocycles. The molecule has 0 aliphatic rings. The van der Waals surface area contributed by atoms with Gasteiger partial charge in [-0.25, -0.2) is 8.42 Å². The smallest absolute Gasteiger partial charge is 0.206 e. The van der Waals surface area contributed by atoms with Crippen LogP contribution in [0.3, 0.4) is 0 Å². The molecule has 2 aromatic rings. The topological polar surface area (TPSA) is 34.1 Å². The standard InChI is InChI=1S/C28H38O2S/c1-9-11-13-21-19-23(15-17-25(21)27(3,4)5)31(29,30)24-16-18-26(28(6,7)8)22(20-24)14-12-10-2/h11-20H,9-10H2,1-8H3. The second-order valence-electron chi connectivity index (χ2n) is 10.1. The molecule has 0 aliphatic heterocycles. The summed E-state index contributed by atoms with van der Waals surface area (Å²) in [6.07, 6.45) is 10.0. The van der Waals surface area contributed by atoms with Gasteiger partial charge < -0.3 is 0 Å². The summed E-state index contributed by atoms with van der Waals surface area (Å²) in [6, 6.07) is 11.1. The first-order chi connectivity index (χ1) is 14.3. The summed E-state index contributed by atoms with van der Waals surface area (Å²) in [6.45, 7) is 17.1. The fourth-order valence-electron chi connectivity index (χ4n) is 3.68. The zero-order valence-electron chi connectivity index (χ0n) is 20.4. The van der Waals surface area contributed by atoms with Gasteiger partial charge in [-0.15, -0.1) is 0 Å². The minimum absolute atomic E-state index is 0.0673. The van der Waals surface area contributed by atoms with Gasteiger partial charge in [0.05, 0.1) is 9.79 Å². The average molecular weight is 439 g/mol. The predicted molar refractivity (Wildman–Crippen MR) is 134 cm³/mol. The van der Waals surface area contributed by atoms with E-state index in [0.717, 1.165) is 35.1 Å². The molecule has 0 radical (unpaired) electrons. The highest BCUT2D eigenvalue weighted by Gasteiger charge is 2.24. The van der Waals surface area contributed by atoms with Gasteiger partial charge in [0.15, 0.2) is 0 Å². The molecular weight excluding hydrogens is 400 g/mol. The normalized spacial score (nSPS) is 13.4. The van der Waals surface area contributed by atoms with Gasteiger partial charge in [-0.3, -0.25) is 0 Å². The van der Waals surface area contributed by atoms with E-state index in [2.05, 4.69) is 67.5 Å². The summed E-state index contributed by atoms with van der Waals surface area (Å²) in [5.41, 5.74) is 4.09. The van der Waals surface area contributed by atoms with E-state index in [0.29, 0.717) is 9.79 Å². The minimum atomic E-state index is -3.63. The number of benzene rings is 2. The first kappa shape index (κ1) is 25.1. The Labute approximate surface area is 190 Å². The SMILES string of the molecule is CCC=Cc1cc(S(=O)(=O)c2ccc(C(C)(C)C)c(C=CCC)c2)ccc1C(C)(C)C. The van der Waals surface area contributed by atoms with Crippen molar-refractivity contribution >= 4 is 22.0 Å². The van der Waals surface area contributed by atoms with E-state index in [1.165, 1.54) is 0 Å². The van der Waals surface area contributed by atoms with E-state index in [1.54, 1.807) is 12.1 Å². The number of sulfone groups is 1. The first-order valence-corrected chi connectivity index (χ1v) is 12.7. The summed E-state index contributed by atoms with van der Waals surface area (Å²) in [4.78, 5) is 0.676. The molecule has 0 aliphatic carbocycles. The van der Waals surface area contributed by atoms with Crippen molar-refractivity contribution in [3.8, 4) is 0 Å². The predicted octanol–water partition coefficient (Wildman–Crippen LogP) is 7.96. The van der Waals surface area contributed by atoms with Crippen molar-refractivity contribution in [2.75, 3.05) is 0 Å². The van der Waals surface area contributed by atoms with Gasteiger partial charge >= 0.3 is 0 Å². The van der Waals surface area contributed by atoms with Crippen LogP contribution in [0.4, 0.5) is 0 Å². The largest absolute Gasteiger partial charge is 0.219 e. The van der Waals surface area contributed by atoms with Crippen molar-refractivity contribution in [1.82, 2.24) is 0 Å². The van der Waals surface area contributed by atoms with E-state index < -0.39 is 9.84 Å². The maximum absolute atomic E-state index is 13.6. The maximum atomic E-state index is 13.6. The molecule has 2 aromatic carbocycles. The molecular formula is C28H38O2S. The first-order valence-electron chi connectivity index (χ1n) is 11.2. The van der Waals surface area contributed by atoms with Gasteiger partial charge in [0.1, 0.15) is 0 Å². The number of hydrogen-bond donors (Lipinski definition) is 0. The summed E-state index contributed by atoms with van der Waals surface area (Å²) in [7, 11) is -3.63. The lowest BCUT2D eigenvalue weighted by molar-refractivity contribution is 0.583. The second kappa shape index (κ2) is 9.56. The Morgan fingerprint density at radius 2 is 1.03 bits per heavy atom. The van der Waals surface area contributed by atoms with Crippen molar-refractivity contribution in [1.29, 1.82) is 0 Å². The highest BCUT2D eigenvalue weighted by atomic mass is 32.2. The van der Waals surface area contributed by atoms with Crippen LogP contribution in [0.15, 0.2) is 58.3 Å². The van der Waals surface area contributed by atoms with Crippen LogP contribution in [0.25, 0.3) is 12.2 Å². The van der Waals surface area contributed by atoms with E-state index >= 15 is 0 Å². The lowest BCUT2D eigenvalue weighted by Gasteiger charge is -2.23. The Morgan fingerprint density at radius 3 is 1.32 bits per heavy atom. The Balaban J connectivity index is 2.67. The average Bonchev–Trinajstić information content (AvgIpc) is 2.68. The molecule has 31 heavy (non-hydrogen) atoms. The molecule has 0 N–H and O–H groups in total. The van der Waals surface area contributed by atoms with Crippen molar-refractivity contribution in [2.45, 2.75) is 88.9 Å². The molecule has 0 fully saturated rings. The molecule has 0 bridgehead atoms. The molecule has 3 heteroatoms. The molecule has 0 atom stereocenters. The van der Waals surface area contributed by atoms with Crippen LogP contribution in [0.1, 0.15) is 90.5 Å². The fourth-order valence-corrected chi connectivity index (χ4v) is 5.01. The summed E-state index contributed by atoms with van der Waals surface area (Å²) >= 11 is 0. The van der Waals surface area contributed by atoms with Gasteiger partial charge in [0.2, 0.25) is 9.84 Å². The molecule has 0 amide bonds. The van der Waals surface area contributed by atoms with Crippen molar-refractivity contribution < 1.29 is 8.42 Å². The van der Waals surface area contributed by atoms with Crippen molar-refractivity contribution in [2.24, 2.45) is 0 Å². The zero-order chi connectivity index (χ0) is 23.4. The number of hydrogen-bond acceptors (Lipinski definition) is 2. The molecule has 0 spiro atoms. The van der Waals surface area contributed by atoms with Gasteiger partial charge in [0.25, 0.3) is 0 Å². The molecule has 0 heterocycles. The number of rotatable bonds is 6. The number of allylic oxidation sites excluding steroid dienone is 2. The maximum Gasteiger partial charge on any atom is 0.206 e. The zero-order valence-corrected chi connectivity index (χ0v) is 21.2.